The van der Waals surface area contributed by atoms with Crippen LogP contribution in [-0.4, -0.2) is 36.1 Å². The van der Waals surface area contributed by atoms with Crippen LogP contribution in [0.1, 0.15) is 47.5 Å². The van der Waals surface area contributed by atoms with Crippen LogP contribution < -0.4 is 20.3 Å². The highest BCUT2D eigenvalue weighted by Crippen LogP contribution is 2.48. The summed E-state index contributed by atoms with van der Waals surface area (Å²) in [5.74, 6) is -3.75. The fraction of sp³-hybridized carbons (Fsp3) is 0.333. The Labute approximate surface area is 250 Å². The molecule has 0 saturated heterocycles. The third kappa shape index (κ3) is 5.87. The summed E-state index contributed by atoms with van der Waals surface area (Å²) in [4.78, 5) is 26.4. The molecule has 1 saturated carbocycles. The standard InChI is InChI=1S/C30H30F3N3O5S2/c1-6-43(39,40)35-19-7-8-23(41-25-16(2)11-18(31)12-17(25)3)20(13-19)22-15-36(5)28(38)21-14-24(42-26(21)22)27(37)34-30(9-10-30)29(4,32)33/h7-8,11-15,35H,6,9-10H2,1-5H3,(H,34,37). The molecule has 1 amide bonds. The largest absolute Gasteiger partial charge is 0.456 e. The number of carbonyl (C=O) groups is 1. The highest BCUT2D eigenvalue weighted by molar-refractivity contribution is 7.92. The summed E-state index contributed by atoms with van der Waals surface area (Å²) in [5, 5.41) is 2.64. The number of anilines is 1. The van der Waals surface area contributed by atoms with Crippen molar-refractivity contribution in [2.75, 3.05) is 10.5 Å². The van der Waals surface area contributed by atoms with Gasteiger partial charge in [0.15, 0.2) is 0 Å². The zero-order valence-electron chi connectivity index (χ0n) is 24.1. The number of aryl methyl sites for hydroxylation is 3. The average molecular weight is 634 g/mol. The summed E-state index contributed by atoms with van der Waals surface area (Å²) in [6, 6.07) is 8.66. The Morgan fingerprint density at radius 3 is 2.35 bits per heavy atom. The van der Waals surface area contributed by atoms with Crippen LogP contribution in [0.5, 0.6) is 11.5 Å². The quantitative estimate of drug-likeness (QED) is 0.219. The van der Waals surface area contributed by atoms with Gasteiger partial charge in [-0.25, -0.2) is 21.6 Å². The van der Waals surface area contributed by atoms with Gasteiger partial charge in [0.05, 0.1) is 20.7 Å². The number of benzene rings is 2. The third-order valence-corrected chi connectivity index (χ3v) is 10.1. The predicted octanol–water partition coefficient (Wildman–Crippen LogP) is 6.49. The molecule has 0 spiro atoms. The fourth-order valence-electron chi connectivity index (χ4n) is 4.95. The van der Waals surface area contributed by atoms with Crippen LogP contribution in [0.4, 0.5) is 18.9 Å². The maximum Gasteiger partial charge on any atom is 0.267 e. The van der Waals surface area contributed by atoms with E-state index in [0.29, 0.717) is 32.7 Å². The molecule has 0 atom stereocenters. The fourth-order valence-corrected chi connectivity index (χ4v) is 6.64. The number of nitrogens with one attached hydrogen (secondary N) is 2. The number of carbonyl (C=O) groups excluding carboxylic acids is 1. The molecule has 2 heterocycles. The number of amides is 1. The van der Waals surface area contributed by atoms with Gasteiger partial charge in [-0.3, -0.25) is 14.3 Å². The SMILES string of the molecule is CCS(=O)(=O)Nc1ccc(Oc2c(C)cc(F)cc2C)c(-c2cn(C)c(=O)c3cc(C(=O)NC4(C(C)(F)F)CC4)sc23)c1. The molecule has 2 aromatic heterocycles. The van der Waals surface area contributed by atoms with Crippen molar-refractivity contribution in [3.05, 3.63) is 74.8 Å². The lowest BCUT2D eigenvalue weighted by atomic mass is 10.0. The summed E-state index contributed by atoms with van der Waals surface area (Å²) in [7, 11) is -2.12. The first-order valence-corrected chi connectivity index (χ1v) is 15.9. The van der Waals surface area contributed by atoms with Crippen molar-refractivity contribution >= 4 is 43.0 Å². The number of nitrogens with zero attached hydrogens (tertiary/aromatic N) is 1. The lowest BCUT2D eigenvalue weighted by Crippen LogP contribution is -2.48. The molecule has 228 valence electrons. The number of alkyl halides is 2. The van der Waals surface area contributed by atoms with Crippen molar-refractivity contribution in [3.8, 4) is 22.6 Å². The van der Waals surface area contributed by atoms with Gasteiger partial charge in [0, 0.05) is 37.0 Å². The lowest BCUT2D eigenvalue weighted by molar-refractivity contribution is -0.0280. The van der Waals surface area contributed by atoms with Crippen LogP contribution in [-0.2, 0) is 17.1 Å². The number of sulfonamides is 1. The molecular formula is C30H30F3N3O5S2. The van der Waals surface area contributed by atoms with Crippen LogP contribution in [0, 0.1) is 19.7 Å². The van der Waals surface area contributed by atoms with Gasteiger partial charge in [0.2, 0.25) is 10.0 Å². The Balaban J connectivity index is 1.68. The number of halogens is 3. The van der Waals surface area contributed by atoms with E-state index in [1.165, 1.54) is 49.0 Å². The van der Waals surface area contributed by atoms with Crippen molar-refractivity contribution in [1.82, 2.24) is 9.88 Å². The van der Waals surface area contributed by atoms with Crippen LogP contribution in [0.15, 0.2) is 47.4 Å². The second-order valence-electron chi connectivity index (χ2n) is 10.9. The minimum Gasteiger partial charge on any atom is -0.456 e. The number of aromatic nitrogens is 1. The van der Waals surface area contributed by atoms with Crippen molar-refractivity contribution in [2.24, 2.45) is 7.05 Å². The Hall–Kier alpha value is -3.84. The highest BCUT2D eigenvalue weighted by atomic mass is 32.2. The first-order valence-electron chi connectivity index (χ1n) is 13.5. The number of thiophene rings is 1. The molecule has 1 aliphatic rings. The zero-order chi connectivity index (χ0) is 31.5. The van der Waals surface area contributed by atoms with Gasteiger partial charge in [-0.15, -0.1) is 11.3 Å². The van der Waals surface area contributed by atoms with E-state index >= 15 is 0 Å². The minimum absolute atomic E-state index is 0.0746. The topological polar surface area (TPSA) is 106 Å². The molecule has 5 rings (SSSR count). The molecule has 0 unspecified atom stereocenters. The summed E-state index contributed by atoms with van der Waals surface area (Å²) in [5.41, 5.74) is 0.0784. The van der Waals surface area contributed by atoms with E-state index in [0.717, 1.165) is 18.3 Å². The van der Waals surface area contributed by atoms with Crippen molar-refractivity contribution in [3.63, 3.8) is 0 Å². The molecule has 0 radical (unpaired) electrons. The van der Waals surface area contributed by atoms with E-state index in [1.54, 1.807) is 26.0 Å². The van der Waals surface area contributed by atoms with Crippen molar-refractivity contribution in [1.29, 1.82) is 0 Å². The number of ether oxygens (including phenoxy) is 1. The molecule has 1 fully saturated rings. The number of fused-ring (bicyclic) bond motifs is 1. The number of hydrogen-bond donors (Lipinski definition) is 2. The highest BCUT2D eigenvalue weighted by Gasteiger charge is 2.60. The molecule has 13 heteroatoms. The summed E-state index contributed by atoms with van der Waals surface area (Å²) >= 11 is 0.962. The number of rotatable bonds is 9. The molecule has 1 aliphatic carbocycles. The first kappa shape index (κ1) is 30.6. The molecular weight excluding hydrogens is 603 g/mol. The summed E-state index contributed by atoms with van der Waals surface area (Å²) < 4.78 is 77.6. The van der Waals surface area contributed by atoms with Gasteiger partial charge in [-0.2, -0.15) is 0 Å². The van der Waals surface area contributed by atoms with E-state index in [-0.39, 0.29) is 40.3 Å². The Kier molecular flexibility index (Phi) is 7.62. The Morgan fingerprint density at radius 2 is 1.77 bits per heavy atom. The summed E-state index contributed by atoms with van der Waals surface area (Å²) in [6.07, 6.45) is 1.82. The molecule has 8 nitrogen and oxygen atoms in total. The second kappa shape index (κ2) is 10.7. The van der Waals surface area contributed by atoms with Gasteiger partial charge in [-0.1, -0.05) is 0 Å². The lowest BCUT2D eigenvalue weighted by Gasteiger charge is -2.23. The molecule has 2 aromatic carbocycles. The maximum atomic E-state index is 14.2. The third-order valence-electron chi connectivity index (χ3n) is 7.58. The molecule has 4 aromatic rings. The minimum atomic E-state index is -3.65. The number of pyridine rings is 1. The van der Waals surface area contributed by atoms with E-state index in [1.807, 2.05) is 0 Å². The molecule has 2 N–H and O–H groups in total. The Morgan fingerprint density at radius 1 is 1.12 bits per heavy atom. The van der Waals surface area contributed by atoms with Gasteiger partial charge in [0.1, 0.15) is 22.9 Å². The van der Waals surface area contributed by atoms with E-state index in [9.17, 15) is 31.2 Å². The van der Waals surface area contributed by atoms with E-state index < -0.39 is 38.8 Å². The van der Waals surface area contributed by atoms with Crippen LogP contribution in [0.25, 0.3) is 21.2 Å². The van der Waals surface area contributed by atoms with Gasteiger partial charge in [-0.05, 0) is 81.1 Å². The summed E-state index contributed by atoms with van der Waals surface area (Å²) in [6.45, 7) is 5.65. The van der Waals surface area contributed by atoms with Crippen molar-refractivity contribution in [2.45, 2.75) is 52.0 Å². The van der Waals surface area contributed by atoms with Crippen LogP contribution in [0.2, 0.25) is 0 Å². The molecule has 43 heavy (non-hydrogen) atoms. The van der Waals surface area contributed by atoms with Crippen LogP contribution >= 0.6 is 11.3 Å². The van der Waals surface area contributed by atoms with E-state index in [4.69, 9.17) is 4.74 Å². The van der Waals surface area contributed by atoms with Gasteiger partial charge < -0.3 is 14.6 Å². The smallest absolute Gasteiger partial charge is 0.267 e. The average Bonchev–Trinajstić information content (AvgIpc) is 3.57. The Bertz CT molecular complexity index is 1920. The van der Waals surface area contributed by atoms with E-state index in [2.05, 4.69) is 10.0 Å². The predicted molar refractivity (Wildman–Crippen MR) is 162 cm³/mol. The zero-order valence-corrected chi connectivity index (χ0v) is 25.7. The van der Waals surface area contributed by atoms with Crippen molar-refractivity contribution < 1.29 is 31.1 Å². The van der Waals surface area contributed by atoms with Gasteiger partial charge >= 0.3 is 0 Å². The molecule has 0 aliphatic heterocycles. The number of hydrogen-bond acceptors (Lipinski definition) is 6. The maximum absolute atomic E-state index is 14.2. The molecule has 0 bridgehead atoms. The normalized spacial score (nSPS) is 14.5. The van der Waals surface area contributed by atoms with Gasteiger partial charge in [0.25, 0.3) is 17.4 Å². The monoisotopic (exact) mass is 633 g/mol. The van der Waals surface area contributed by atoms with Crippen LogP contribution in [0.3, 0.4) is 0 Å². The second-order valence-corrected chi connectivity index (χ2v) is 14.0. The first-order chi connectivity index (χ1) is 20.0.